The van der Waals surface area contributed by atoms with Gasteiger partial charge < -0.3 is 11.1 Å². The van der Waals surface area contributed by atoms with E-state index in [0.29, 0.717) is 17.7 Å². The number of aliphatic imine (C=N–C) groups is 1. The Balaban J connectivity index is 4.67. The van der Waals surface area contributed by atoms with Crippen LogP contribution in [0.15, 0.2) is 27.4 Å². The number of rotatable bonds is 9. The molecular weight excluding hydrogens is 284 g/mol. The molecule has 0 saturated carbocycles. The van der Waals surface area contributed by atoms with Crippen molar-refractivity contribution in [1.29, 1.82) is 5.41 Å². The van der Waals surface area contributed by atoms with Crippen molar-refractivity contribution in [2.75, 3.05) is 13.1 Å². The van der Waals surface area contributed by atoms with Crippen molar-refractivity contribution >= 4 is 12.1 Å². The number of nitrogens with one attached hydrogen (secondary N) is 2. The molecule has 0 fully saturated rings. The fourth-order valence-corrected chi connectivity index (χ4v) is 2.22. The molecule has 0 aromatic rings. The zero-order valence-electron chi connectivity index (χ0n) is 16.1. The highest BCUT2D eigenvalue weighted by atomic mass is 14.9. The van der Waals surface area contributed by atoms with E-state index in [2.05, 4.69) is 51.9 Å². The van der Waals surface area contributed by atoms with E-state index in [9.17, 15) is 0 Å². The molecule has 0 aromatic heterocycles. The lowest BCUT2D eigenvalue weighted by Gasteiger charge is -2.16. The van der Waals surface area contributed by atoms with Crippen LogP contribution in [0.1, 0.15) is 61.3 Å². The molecule has 132 valence electrons. The van der Waals surface area contributed by atoms with Gasteiger partial charge in [-0.3, -0.25) is 10.4 Å². The first-order chi connectivity index (χ1) is 10.7. The molecule has 0 aliphatic rings. The summed E-state index contributed by atoms with van der Waals surface area (Å²) >= 11 is 0. The van der Waals surface area contributed by atoms with Gasteiger partial charge in [0.2, 0.25) is 0 Å². The van der Waals surface area contributed by atoms with Gasteiger partial charge in [-0.05, 0) is 57.1 Å². The second kappa shape index (κ2) is 11.0. The highest BCUT2D eigenvalue weighted by molar-refractivity contribution is 5.79. The minimum atomic E-state index is 0.380. The van der Waals surface area contributed by atoms with Gasteiger partial charge in [0, 0.05) is 25.0 Å². The maximum atomic E-state index is 7.43. The van der Waals surface area contributed by atoms with Gasteiger partial charge >= 0.3 is 0 Å². The fraction of sp³-hybridized carbons (Fsp3) is 0.684. The number of amidine groups is 1. The van der Waals surface area contributed by atoms with Crippen molar-refractivity contribution in [1.82, 2.24) is 5.32 Å². The number of hydrogen-bond donors (Lipinski definition) is 3. The molecule has 0 aromatic carbocycles. The molecule has 0 heterocycles. The maximum Gasteiger partial charge on any atom is 0.0899 e. The monoisotopic (exact) mass is 320 g/mol. The zero-order chi connectivity index (χ0) is 18.0. The Kier molecular flexibility index (Phi) is 10.3. The van der Waals surface area contributed by atoms with Gasteiger partial charge in [0.25, 0.3) is 0 Å². The van der Waals surface area contributed by atoms with Crippen LogP contribution in [0, 0.1) is 17.2 Å². The second-order valence-electron chi connectivity index (χ2n) is 6.63. The number of nitrogens with two attached hydrogens (primary N) is 1. The summed E-state index contributed by atoms with van der Waals surface area (Å²) in [6, 6.07) is 0. The first kappa shape index (κ1) is 21.4. The van der Waals surface area contributed by atoms with E-state index in [1.165, 1.54) is 16.7 Å². The molecule has 0 radical (unpaired) electrons. The summed E-state index contributed by atoms with van der Waals surface area (Å²) in [5.41, 5.74) is 10.9. The number of allylic oxidation sites excluding steroid dienone is 2. The summed E-state index contributed by atoms with van der Waals surface area (Å²) in [6.07, 6.45) is 4.03. The third-order valence-electron chi connectivity index (χ3n) is 4.46. The summed E-state index contributed by atoms with van der Waals surface area (Å²) in [6.45, 7) is 16.2. The number of nitrogens with zero attached hydrogens (tertiary/aromatic N) is 1. The predicted molar refractivity (Wildman–Crippen MR) is 103 cm³/mol. The Bertz CT molecular complexity index is 472. The van der Waals surface area contributed by atoms with Crippen LogP contribution in [-0.4, -0.2) is 25.1 Å². The second-order valence-corrected chi connectivity index (χ2v) is 6.63. The Labute approximate surface area is 142 Å². The van der Waals surface area contributed by atoms with Crippen molar-refractivity contribution in [3.8, 4) is 0 Å². The molecule has 0 rings (SSSR count). The van der Waals surface area contributed by atoms with E-state index in [1.807, 2.05) is 6.21 Å². The molecule has 0 spiro atoms. The molecule has 0 amide bonds. The largest absolute Gasteiger partial charge is 0.402 e. The smallest absolute Gasteiger partial charge is 0.0899 e. The lowest BCUT2D eigenvalue weighted by molar-refractivity contribution is 0.645. The SMILES string of the molecule is CCC/C(N)=C(\C)C(C)CN=C/C(C)=C(\C)C(C)CNC(C)=N. The topological polar surface area (TPSA) is 74.3 Å². The van der Waals surface area contributed by atoms with E-state index in [4.69, 9.17) is 11.1 Å². The minimum absolute atomic E-state index is 0.380. The van der Waals surface area contributed by atoms with Crippen molar-refractivity contribution < 1.29 is 0 Å². The Morgan fingerprint density at radius 1 is 1.13 bits per heavy atom. The van der Waals surface area contributed by atoms with Crippen LogP contribution in [0.2, 0.25) is 0 Å². The van der Waals surface area contributed by atoms with Gasteiger partial charge in [0.05, 0.1) is 5.84 Å². The van der Waals surface area contributed by atoms with E-state index >= 15 is 0 Å². The Morgan fingerprint density at radius 2 is 1.74 bits per heavy atom. The van der Waals surface area contributed by atoms with Gasteiger partial charge in [-0.25, -0.2) is 0 Å². The molecule has 4 nitrogen and oxygen atoms in total. The van der Waals surface area contributed by atoms with Gasteiger partial charge in [0.15, 0.2) is 0 Å². The minimum Gasteiger partial charge on any atom is -0.402 e. The average Bonchev–Trinajstić information content (AvgIpc) is 2.50. The quantitative estimate of drug-likeness (QED) is 0.438. The van der Waals surface area contributed by atoms with E-state index in [1.54, 1.807) is 6.92 Å². The van der Waals surface area contributed by atoms with Crippen LogP contribution < -0.4 is 11.1 Å². The van der Waals surface area contributed by atoms with E-state index < -0.39 is 0 Å². The Morgan fingerprint density at radius 3 is 2.26 bits per heavy atom. The molecule has 2 unspecified atom stereocenters. The summed E-state index contributed by atoms with van der Waals surface area (Å²) in [5.74, 6) is 1.28. The van der Waals surface area contributed by atoms with Gasteiger partial charge in [-0.2, -0.15) is 0 Å². The van der Waals surface area contributed by atoms with Gasteiger partial charge in [-0.15, -0.1) is 0 Å². The lowest BCUT2D eigenvalue weighted by atomic mass is 9.98. The molecular formula is C19H36N4. The van der Waals surface area contributed by atoms with Crippen molar-refractivity contribution in [3.05, 3.63) is 22.4 Å². The summed E-state index contributed by atoms with van der Waals surface area (Å²) in [7, 11) is 0. The zero-order valence-corrected chi connectivity index (χ0v) is 16.1. The van der Waals surface area contributed by atoms with Crippen molar-refractivity contribution in [3.63, 3.8) is 0 Å². The van der Waals surface area contributed by atoms with Gasteiger partial charge in [0.1, 0.15) is 0 Å². The highest BCUT2D eigenvalue weighted by Gasteiger charge is 2.08. The van der Waals surface area contributed by atoms with E-state index in [0.717, 1.165) is 31.6 Å². The van der Waals surface area contributed by atoms with Crippen molar-refractivity contribution in [2.45, 2.75) is 61.3 Å². The fourth-order valence-electron chi connectivity index (χ4n) is 2.22. The third kappa shape index (κ3) is 8.58. The van der Waals surface area contributed by atoms with E-state index in [-0.39, 0.29) is 0 Å². The number of hydrogen-bond acceptors (Lipinski definition) is 3. The average molecular weight is 321 g/mol. The first-order valence-electron chi connectivity index (χ1n) is 8.61. The van der Waals surface area contributed by atoms with Crippen LogP contribution >= 0.6 is 0 Å². The highest BCUT2D eigenvalue weighted by Crippen LogP contribution is 2.16. The lowest BCUT2D eigenvalue weighted by Crippen LogP contribution is -2.26. The first-order valence-corrected chi connectivity index (χ1v) is 8.61. The van der Waals surface area contributed by atoms with Crippen LogP contribution in [0.4, 0.5) is 0 Å². The Hall–Kier alpha value is -1.58. The van der Waals surface area contributed by atoms with Crippen LogP contribution in [-0.2, 0) is 0 Å². The maximum absolute atomic E-state index is 7.43. The standard InChI is InChI=1S/C19H36N4/c1-8-9-19(21)17(6)14(3)11-22-10-13(2)16(5)15(4)12-23-18(7)20/h10,14-15H,8-9,11-12,21H2,1-7H3,(H2,20,23)/b16-13+,19-17-,22-10?. The summed E-state index contributed by atoms with van der Waals surface area (Å²) in [5, 5.41) is 10.5. The summed E-state index contributed by atoms with van der Waals surface area (Å²) < 4.78 is 0. The predicted octanol–water partition coefficient (Wildman–Crippen LogP) is 4.29. The molecule has 0 saturated heterocycles. The molecule has 4 N–H and O–H groups in total. The molecule has 0 bridgehead atoms. The van der Waals surface area contributed by atoms with Crippen LogP contribution in [0.5, 0.6) is 0 Å². The molecule has 0 aliphatic heterocycles. The molecule has 4 heteroatoms. The van der Waals surface area contributed by atoms with Crippen LogP contribution in [0.3, 0.4) is 0 Å². The third-order valence-corrected chi connectivity index (χ3v) is 4.46. The van der Waals surface area contributed by atoms with Gasteiger partial charge in [-0.1, -0.05) is 32.8 Å². The van der Waals surface area contributed by atoms with Crippen LogP contribution in [0.25, 0.3) is 0 Å². The normalized spacial score (nSPS) is 16.7. The van der Waals surface area contributed by atoms with Crippen molar-refractivity contribution in [2.24, 2.45) is 22.6 Å². The molecule has 0 aliphatic carbocycles. The summed E-state index contributed by atoms with van der Waals surface area (Å²) in [4.78, 5) is 4.60. The molecule has 23 heavy (non-hydrogen) atoms. The molecule has 2 atom stereocenters.